The molecule has 0 atom stereocenters. The molecule has 0 saturated carbocycles. The maximum absolute atomic E-state index is 9.64. The summed E-state index contributed by atoms with van der Waals surface area (Å²) in [6.07, 6.45) is -0.593. The first kappa shape index (κ1) is 22.4. The van der Waals surface area contributed by atoms with Gasteiger partial charge in [0.15, 0.2) is 0 Å². The van der Waals surface area contributed by atoms with Crippen molar-refractivity contribution < 1.29 is 52.5 Å². The van der Waals surface area contributed by atoms with Crippen LogP contribution in [0.4, 0.5) is 0 Å². The molecule has 0 aliphatic rings. The Kier molecular flexibility index (Phi) is 25.0. The van der Waals surface area contributed by atoms with Gasteiger partial charge in [0.2, 0.25) is 0 Å². The van der Waals surface area contributed by atoms with Crippen molar-refractivity contribution in [2.75, 3.05) is 0 Å². The number of hydrogen-bond donors (Lipinski definition) is 2. The van der Waals surface area contributed by atoms with E-state index in [0.717, 1.165) is 0 Å². The average Bonchev–Trinajstić information content (AvgIpc) is 1.61. The summed E-state index contributed by atoms with van der Waals surface area (Å²) < 4.78 is 0. The maximum Gasteiger partial charge on any atom is 4.00 e. The second kappa shape index (κ2) is 12.3. The van der Waals surface area contributed by atoms with E-state index >= 15 is 0 Å². The molecule has 6 nitrogen and oxygen atoms in total. The van der Waals surface area contributed by atoms with Crippen LogP contribution >= 0.6 is 0 Å². The average molecular weight is 198 g/mol. The zero-order valence-corrected chi connectivity index (χ0v) is 7.00. The number of aliphatic carboxylic acids is 2. The van der Waals surface area contributed by atoms with Crippen LogP contribution in [0.15, 0.2) is 0 Å². The van der Waals surface area contributed by atoms with Crippen molar-refractivity contribution >= 4 is 11.9 Å². The minimum Gasteiger partial charge on any atom is -2.00 e. The first-order chi connectivity index (χ1) is 3.63. The summed E-state index contributed by atoms with van der Waals surface area (Å²) >= 11 is 0. The van der Waals surface area contributed by atoms with Gasteiger partial charge < -0.3 is 21.2 Å². The Morgan fingerprint density at radius 1 is 0.909 bits per heavy atom. The molecule has 0 amide bonds. The third kappa shape index (κ3) is 26.3. The van der Waals surface area contributed by atoms with Crippen molar-refractivity contribution in [3.05, 3.63) is 0 Å². The second-order valence-electron chi connectivity index (χ2n) is 1.29. The van der Waals surface area contributed by atoms with E-state index in [-0.39, 0.29) is 45.5 Å². The van der Waals surface area contributed by atoms with Crippen LogP contribution in [0, 0.1) is 0 Å². The van der Waals surface area contributed by atoms with Gasteiger partial charge in [0.05, 0.1) is 12.8 Å². The van der Waals surface area contributed by atoms with E-state index in [1.807, 2.05) is 0 Å². The maximum atomic E-state index is 9.64. The first-order valence-corrected chi connectivity index (χ1v) is 2.06. The van der Waals surface area contributed by atoms with Gasteiger partial charge in [-0.25, -0.2) is 0 Å². The number of carboxylic acids is 2. The zero-order chi connectivity index (χ0) is 6.57. The van der Waals surface area contributed by atoms with Gasteiger partial charge in [-0.05, 0) is 0 Å². The zero-order valence-electron chi connectivity index (χ0n) is 5.44. The van der Waals surface area contributed by atoms with Crippen molar-refractivity contribution in [2.24, 2.45) is 0 Å². The van der Waals surface area contributed by atoms with E-state index < -0.39 is 11.9 Å². The van der Waals surface area contributed by atoms with Crippen LogP contribution in [-0.4, -0.2) is 22.2 Å². The molecule has 0 spiro atoms. The molecule has 2 N–H and O–H groups in total. The number of hydrogen-bond acceptors (Lipinski definition) is 2. The van der Waals surface area contributed by atoms with Gasteiger partial charge in [-0.3, -0.25) is 9.59 Å². The molecule has 0 radical (unpaired) electrons. The molecule has 0 fully saturated rings. The fourth-order valence-corrected chi connectivity index (χ4v) is 0.214. The quantitative estimate of drug-likeness (QED) is 0.601. The topological polar surface area (TPSA) is 132 Å². The van der Waals surface area contributed by atoms with Crippen molar-refractivity contribution in [1.82, 2.24) is 0 Å². The van der Waals surface area contributed by atoms with Crippen LogP contribution < -0.4 is 0 Å². The summed E-state index contributed by atoms with van der Waals surface area (Å²) in [5, 5.41) is 15.8. The molecule has 62 valence electrons. The summed E-state index contributed by atoms with van der Waals surface area (Å²) in [5.74, 6) is -2.15. The fourth-order valence-electron chi connectivity index (χ4n) is 0.214. The Balaban J connectivity index is -0.0000000817. The Labute approximate surface area is 77.7 Å². The molecule has 0 aliphatic carbocycles. The first-order valence-electron chi connectivity index (χ1n) is 2.06. The SMILES string of the molecule is O=C(O)CCC(=O)O.[O-2].[O-2].[Ti+4]. The summed E-state index contributed by atoms with van der Waals surface area (Å²) in [7, 11) is 0. The van der Waals surface area contributed by atoms with Crippen LogP contribution in [0.1, 0.15) is 12.8 Å². The van der Waals surface area contributed by atoms with Crippen molar-refractivity contribution in [2.45, 2.75) is 12.8 Å². The van der Waals surface area contributed by atoms with E-state index in [2.05, 4.69) is 0 Å². The van der Waals surface area contributed by atoms with Gasteiger partial charge in [-0.1, -0.05) is 0 Å². The van der Waals surface area contributed by atoms with Gasteiger partial charge in [0, 0.05) is 0 Å². The van der Waals surface area contributed by atoms with Crippen LogP contribution in [0.25, 0.3) is 0 Å². The summed E-state index contributed by atoms with van der Waals surface area (Å²) in [6.45, 7) is 0. The Bertz CT molecular complexity index is 99.1. The molecule has 7 heteroatoms. The van der Waals surface area contributed by atoms with Crippen LogP contribution in [0.3, 0.4) is 0 Å². The second-order valence-corrected chi connectivity index (χ2v) is 1.29. The summed E-state index contributed by atoms with van der Waals surface area (Å²) in [5.41, 5.74) is 0. The molecule has 0 unspecified atom stereocenters. The molecule has 0 bridgehead atoms. The van der Waals surface area contributed by atoms with Gasteiger partial charge in [-0.2, -0.15) is 0 Å². The van der Waals surface area contributed by atoms with E-state index in [9.17, 15) is 9.59 Å². The number of rotatable bonds is 3. The van der Waals surface area contributed by atoms with Crippen LogP contribution in [-0.2, 0) is 42.3 Å². The molecule has 0 aromatic heterocycles. The van der Waals surface area contributed by atoms with E-state index in [0.29, 0.717) is 0 Å². The molecule has 0 aliphatic heterocycles. The van der Waals surface area contributed by atoms with Crippen molar-refractivity contribution in [3.8, 4) is 0 Å². The summed E-state index contributed by atoms with van der Waals surface area (Å²) in [6, 6.07) is 0. The fraction of sp³-hybridized carbons (Fsp3) is 0.500. The minimum absolute atomic E-state index is 0. The largest absolute Gasteiger partial charge is 4.00 e. The van der Waals surface area contributed by atoms with Gasteiger partial charge in [-0.15, -0.1) is 0 Å². The Morgan fingerprint density at radius 3 is 1.18 bits per heavy atom. The predicted molar refractivity (Wildman–Crippen MR) is 25.9 cm³/mol. The van der Waals surface area contributed by atoms with E-state index in [1.165, 1.54) is 0 Å². The Morgan fingerprint density at radius 2 is 1.09 bits per heavy atom. The number of carbonyl (C=O) groups is 2. The third-order valence-electron chi connectivity index (χ3n) is 0.553. The van der Waals surface area contributed by atoms with Crippen molar-refractivity contribution in [3.63, 3.8) is 0 Å². The van der Waals surface area contributed by atoms with E-state index in [1.54, 1.807) is 0 Å². The predicted octanol–water partition coefficient (Wildman–Crippen LogP) is -0.304. The monoisotopic (exact) mass is 198 g/mol. The molecule has 0 aromatic carbocycles. The molecular weight excluding hydrogens is 192 g/mol. The van der Waals surface area contributed by atoms with Crippen LogP contribution in [0.2, 0.25) is 0 Å². The molecular formula is C4H6O6Ti. The Hall–Kier alpha value is -0.426. The number of carboxylic acid groups (broad SMARTS) is 2. The normalized spacial score (nSPS) is 6.18. The van der Waals surface area contributed by atoms with Gasteiger partial charge in [0.25, 0.3) is 0 Å². The minimum atomic E-state index is -1.08. The standard InChI is InChI=1S/C4H6O4.2O.Ti/c5-3(6)1-2-4(7)8;;;/h1-2H2,(H,5,6)(H,7,8);;;/q;2*-2;+4. The van der Waals surface area contributed by atoms with Crippen LogP contribution in [0.5, 0.6) is 0 Å². The molecule has 0 heterocycles. The third-order valence-corrected chi connectivity index (χ3v) is 0.553. The molecule has 11 heavy (non-hydrogen) atoms. The molecule has 0 rings (SSSR count). The van der Waals surface area contributed by atoms with Crippen molar-refractivity contribution in [1.29, 1.82) is 0 Å². The van der Waals surface area contributed by atoms with Gasteiger partial charge >= 0.3 is 33.7 Å². The molecule has 0 aromatic rings. The smallest absolute Gasteiger partial charge is 2.00 e. The molecule has 0 saturated heterocycles. The van der Waals surface area contributed by atoms with E-state index in [4.69, 9.17) is 10.2 Å². The van der Waals surface area contributed by atoms with Gasteiger partial charge in [0.1, 0.15) is 0 Å². The summed E-state index contributed by atoms with van der Waals surface area (Å²) in [4.78, 5) is 19.3.